The summed E-state index contributed by atoms with van der Waals surface area (Å²) in [6.45, 7) is 6.49. The maximum atomic E-state index is 10.4. The molecule has 1 aliphatic carbocycles. The van der Waals surface area contributed by atoms with Crippen LogP contribution in [0.1, 0.15) is 51.2 Å². The van der Waals surface area contributed by atoms with Crippen LogP contribution in [-0.2, 0) is 0 Å². The minimum Gasteiger partial charge on any atom is -0.388 e. The van der Waals surface area contributed by atoms with E-state index >= 15 is 0 Å². The lowest BCUT2D eigenvalue weighted by Crippen LogP contribution is -2.37. The number of benzene rings is 1. The Morgan fingerprint density at radius 1 is 1.21 bits per heavy atom. The fraction of sp³-hybridized carbons (Fsp3) is 0.647. The summed E-state index contributed by atoms with van der Waals surface area (Å²) < 4.78 is 0. The molecule has 0 aromatic heterocycles. The van der Waals surface area contributed by atoms with Crippen molar-refractivity contribution in [1.82, 2.24) is 4.90 Å². The zero-order chi connectivity index (χ0) is 13.7. The quantitative estimate of drug-likeness (QED) is 0.845. The molecule has 0 bridgehead atoms. The van der Waals surface area contributed by atoms with E-state index in [0.29, 0.717) is 0 Å². The van der Waals surface area contributed by atoms with E-state index in [0.717, 1.165) is 24.7 Å². The number of hydrogen-bond donors (Lipinski definition) is 1. The highest BCUT2D eigenvalue weighted by atomic mass is 16.3. The normalized spacial score (nSPS) is 19.8. The third-order valence-electron chi connectivity index (χ3n) is 4.45. The van der Waals surface area contributed by atoms with Crippen LogP contribution in [0.4, 0.5) is 0 Å². The SMILES string of the molecule is CCN(CC(C)C(O)c1ccccc1)C1CCCC1. The van der Waals surface area contributed by atoms with Crippen molar-refractivity contribution in [3.05, 3.63) is 35.9 Å². The van der Waals surface area contributed by atoms with Crippen LogP contribution in [0.2, 0.25) is 0 Å². The molecule has 106 valence electrons. The Hall–Kier alpha value is -0.860. The van der Waals surface area contributed by atoms with Crippen LogP contribution >= 0.6 is 0 Å². The molecule has 1 aromatic carbocycles. The zero-order valence-electron chi connectivity index (χ0n) is 12.3. The molecule has 19 heavy (non-hydrogen) atoms. The second kappa shape index (κ2) is 7.06. The van der Waals surface area contributed by atoms with Crippen LogP contribution in [0.5, 0.6) is 0 Å². The fourth-order valence-electron chi connectivity index (χ4n) is 3.25. The van der Waals surface area contributed by atoms with Gasteiger partial charge in [0.15, 0.2) is 0 Å². The first kappa shape index (κ1) is 14.5. The molecular weight excluding hydrogens is 234 g/mol. The highest BCUT2D eigenvalue weighted by Crippen LogP contribution is 2.27. The summed E-state index contributed by atoms with van der Waals surface area (Å²) in [6, 6.07) is 10.8. The topological polar surface area (TPSA) is 23.5 Å². The van der Waals surface area contributed by atoms with E-state index in [1.165, 1.54) is 25.7 Å². The summed E-state index contributed by atoms with van der Waals surface area (Å²) in [5.41, 5.74) is 1.04. The second-order valence-electron chi connectivity index (χ2n) is 5.86. The standard InChI is InChI=1S/C17H27NO/c1-3-18(16-11-7-8-12-16)13-14(2)17(19)15-9-5-4-6-10-15/h4-6,9-10,14,16-17,19H,3,7-8,11-13H2,1-2H3. The van der Waals surface area contributed by atoms with E-state index in [9.17, 15) is 5.11 Å². The van der Waals surface area contributed by atoms with E-state index in [1.54, 1.807) is 0 Å². The first-order chi connectivity index (χ1) is 9.22. The van der Waals surface area contributed by atoms with Crippen molar-refractivity contribution in [2.45, 2.75) is 51.7 Å². The van der Waals surface area contributed by atoms with Gasteiger partial charge in [0.1, 0.15) is 0 Å². The molecule has 2 atom stereocenters. The van der Waals surface area contributed by atoms with Crippen LogP contribution < -0.4 is 0 Å². The van der Waals surface area contributed by atoms with Crippen LogP contribution in [0.15, 0.2) is 30.3 Å². The van der Waals surface area contributed by atoms with Crippen LogP contribution in [0.3, 0.4) is 0 Å². The maximum Gasteiger partial charge on any atom is 0.0827 e. The number of aliphatic hydroxyl groups excluding tert-OH is 1. The highest BCUT2D eigenvalue weighted by molar-refractivity contribution is 5.17. The average Bonchev–Trinajstić information content (AvgIpc) is 2.98. The predicted octanol–water partition coefficient (Wildman–Crippen LogP) is 3.62. The van der Waals surface area contributed by atoms with Crippen molar-refractivity contribution in [3.8, 4) is 0 Å². The van der Waals surface area contributed by atoms with Gasteiger partial charge in [-0.25, -0.2) is 0 Å². The maximum absolute atomic E-state index is 10.4. The molecule has 0 radical (unpaired) electrons. The average molecular weight is 261 g/mol. The lowest BCUT2D eigenvalue weighted by Gasteiger charge is -2.32. The minimum atomic E-state index is -0.350. The second-order valence-corrected chi connectivity index (χ2v) is 5.86. The molecule has 2 rings (SSSR count). The molecule has 0 aliphatic heterocycles. The molecule has 1 N–H and O–H groups in total. The predicted molar refractivity (Wildman–Crippen MR) is 80.1 cm³/mol. The first-order valence-corrected chi connectivity index (χ1v) is 7.69. The molecule has 1 fully saturated rings. The zero-order valence-corrected chi connectivity index (χ0v) is 12.3. The molecule has 2 heteroatoms. The van der Waals surface area contributed by atoms with Gasteiger partial charge in [0.2, 0.25) is 0 Å². The monoisotopic (exact) mass is 261 g/mol. The molecule has 2 unspecified atom stereocenters. The van der Waals surface area contributed by atoms with Crippen molar-refractivity contribution >= 4 is 0 Å². The molecular formula is C17H27NO. The van der Waals surface area contributed by atoms with Crippen molar-refractivity contribution in [2.75, 3.05) is 13.1 Å². The minimum absolute atomic E-state index is 0.281. The van der Waals surface area contributed by atoms with Gasteiger partial charge < -0.3 is 10.0 Å². The molecule has 1 saturated carbocycles. The van der Waals surface area contributed by atoms with Gasteiger partial charge in [-0.05, 0) is 30.9 Å². The van der Waals surface area contributed by atoms with Gasteiger partial charge in [-0.2, -0.15) is 0 Å². The van der Waals surface area contributed by atoms with Gasteiger partial charge in [0, 0.05) is 12.6 Å². The van der Waals surface area contributed by atoms with Gasteiger partial charge in [-0.15, -0.1) is 0 Å². The number of aliphatic hydroxyl groups is 1. The molecule has 0 amide bonds. The highest BCUT2D eigenvalue weighted by Gasteiger charge is 2.25. The Kier molecular flexibility index (Phi) is 5.41. The van der Waals surface area contributed by atoms with E-state index in [2.05, 4.69) is 18.7 Å². The Balaban J connectivity index is 1.93. The third kappa shape index (κ3) is 3.80. The Bertz CT molecular complexity index is 359. The van der Waals surface area contributed by atoms with Crippen LogP contribution in [-0.4, -0.2) is 29.1 Å². The van der Waals surface area contributed by atoms with Gasteiger partial charge in [0.05, 0.1) is 6.10 Å². The number of hydrogen-bond acceptors (Lipinski definition) is 2. The summed E-state index contributed by atoms with van der Waals surface area (Å²) in [7, 11) is 0. The number of rotatable bonds is 6. The van der Waals surface area contributed by atoms with Crippen molar-refractivity contribution in [3.63, 3.8) is 0 Å². The van der Waals surface area contributed by atoms with Gasteiger partial charge in [-0.1, -0.05) is 57.0 Å². The Morgan fingerprint density at radius 2 is 1.84 bits per heavy atom. The Morgan fingerprint density at radius 3 is 2.42 bits per heavy atom. The largest absolute Gasteiger partial charge is 0.388 e. The van der Waals surface area contributed by atoms with E-state index in [1.807, 2.05) is 30.3 Å². The van der Waals surface area contributed by atoms with Gasteiger partial charge >= 0.3 is 0 Å². The molecule has 1 aromatic rings. The summed E-state index contributed by atoms with van der Waals surface area (Å²) in [4.78, 5) is 2.56. The smallest absolute Gasteiger partial charge is 0.0827 e. The fourth-order valence-corrected chi connectivity index (χ4v) is 3.25. The third-order valence-corrected chi connectivity index (χ3v) is 4.45. The van der Waals surface area contributed by atoms with Gasteiger partial charge in [0.25, 0.3) is 0 Å². The molecule has 0 spiro atoms. The molecule has 0 saturated heterocycles. The van der Waals surface area contributed by atoms with E-state index in [-0.39, 0.29) is 12.0 Å². The molecule has 1 aliphatic rings. The Labute approximate surface area is 117 Å². The lowest BCUT2D eigenvalue weighted by atomic mass is 9.96. The summed E-state index contributed by atoms with van der Waals surface area (Å²) >= 11 is 0. The molecule has 0 heterocycles. The van der Waals surface area contributed by atoms with Crippen LogP contribution in [0, 0.1) is 5.92 Å². The van der Waals surface area contributed by atoms with Crippen LogP contribution in [0.25, 0.3) is 0 Å². The molecule has 2 nitrogen and oxygen atoms in total. The summed E-state index contributed by atoms with van der Waals surface area (Å²) in [5, 5.41) is 10.4. The van der Waals surface area contributed by atoms with Crippen molar-refractivity contribution in [2.24, 2.45) is 5.92 Å². The lowest BCUT2D eigenvalue weighted by molar-refractivity contribution is 0.0760. The van der Waals surface area contributed by atoms with Crippen molar-refractivity contribution in [1.29, 1.82) is 0 Å². The summed E-state index contributed by atoms with van der Waals surface area (Å²) in [6.07, 6.45) is 5.06. The van der Waals surface area contributed by atoms with Crippen molar-refractivity contribution < 1.29 is 5.11 Å². The van der Waals surface area contributed by atoms with Gasteiger partial charge in [-0.3, -0.25) is 0 Å². The number of nitrogens with zero attached hydrogens (tertiary/aromatic N) is 1. The van der Waals surface area contributed by atoms with E-state index < -0.39 is 0 Å². The summed E-state index contributed by atoms with van der Waals surface area (Å²) in [5.74, 6) is 0.281. The van der Waals surface area contributed by atoms with E-state index in [4.69, 9.17) is 0 Å². The first-order valence-electron chi connectivity index (χ1n) is 7.69.